The number of aryl methyl sites for hydroxylation is 1. The van der Waals surface area contributed by atoms with E-state index in [0.29, 0.717) is 18.7 Å². The molecule has 30 heavy (non-hydrogen) atoms. The number of rotatable bonds is 7. The molecule has 0 atom stereocenters. The Kier molecular flexibility index (Phi) is 6.18. The Hall–Kier alpha value is -3.06. The Morgan fingerprint density at radius 3 is 2.53 bits per heavy atom. The molecule has 0 saturated carbocycles. The normalized spacial score (nSPS) is 15.0. The lowest BCUT2D eigenvalue weighted by atomic mass is 10.1. The molecule has 0 N–H and O–H groups in total. The van der Waals surface area contributed by atoms with Crippen molar-refractivity contribution in [1.82, 2.24) is 19.6 Å². The predicted octanol–water partition coefficient (Wildman–Crippen LogP) is 3.33. The number of hydrogen-bond acceptors (Lipinski definition) is 5. The minimum Gasteiger partial charge on any atom is -0.490 e. The molecule has 1 aliphatic heterocycles. The first-order valence-electron chi connectivity index (χ1n) is 10.3. The van der Waals surface area contributed by atoms with E-state index >= 15 is 0 Å². The molecule has 1 amide bonds. The number of amides is 1. The van der Waals surface area contributed by atoms with Gasteiger partial charge in [-0.3, -0.25) is 14.4 Å². The third kappa shape index (κ3) is 5.10. The van der Waals surface area contributed by atoms with Gasteiger partial charge in [-0.05, 0) is 30.8 Å². The zero-order chi connectivity index (χ0) is 20.9. The molecule has 0 radical (unpaired) electrons. The minimum absolute atomic E-state index is 0.0296. The van der Waals surface area contributed by atoms with Crippen LogP contribution in [0.1, 0.15) is 34.3 Å². The van der Waals surface area contributed by atoms with Crippen LogP contribution in [0.3, 0.4) is 0 Å². The second-order valence-electron chi connectivity index (χ2n) is 7.96. The van der Waals surface area contributed by atoms with Gasteiger partial charge in [0.25, 0.3) is 5.91 Å². The summed E-state index contributed by atoms with van der Waals surface area (Å²) in [5.41, 5.74) is 3.06. The first-order valence-corrected chi connectivity index (χ1v) is 10.3. The van der Waals surface area contributed by atoms with E-state index < -0.39 is 0 Å². The molecule has 0 bridgehead atoms. The maximum Gasteiger partial charge on any atom is 0.257 e. The molecule has 1 aromatic carbocycles. The number of piperidine rings is 1. The summed E-state index contributed by atoms with van der Waals surface area (Å²) < 4.78 is 13.0. The van der Waals surface area contributed by atoms with Gasteiger partial charge in [-0.25, -0.2) is 0 Å². The van der Waals surface area contributed by atoms with E-state index in [9.17, 15) is 4.79 Å². The summed E-state index contributed by atoms with van der Waals surface area (Å²) in [7, 11) is 4.04. The van der Waals surface area contributed by atoms with Gasteiger partial charge in [0, 0.05) is 57.8 Å². The SMILES string of the molecule is CN(Cc1ccc(OC2CCN(C(=O)c3ccoc3)CC2)cc1)Cc1cnn(C)c1. The molecule has 1 saturated heterocycles. The fraction of sp³-hybridized carbons (Fsp3) is 0.391. The fourth-order valence-electron chi connectivity index (χ4n) is 3.84. The van der Waals surface area contributed by atoms with Gasteiger partial charge in [0.2, 0.25) is 0 Å². The molecule has 4 rings (SSSR count). The van der Waals surface area contributed by atoms with Crippen molar-refractivity contribution in [1.29, 1.82) is 0 Å². The molecule has 7 heteroatoms. The molecule has 2 aromatic heterocycles. The lowest BCUT2D eigenvalue weighted by Crippen LogP contribution is -2.41. The second-order valence-corrected chi connectivity index (χ2v) is 7.96. The highest BCUT2D eigenvalue weighted by atomic mass is 16.5. The van der Waals surface area contributed by atoms with Gasteiger partial charge in [0.05, 0.1) is 18.0 Å². The Morgan fingerprint density at radius 2 is 1.90 bits per heavy atom. The molecule has 0 unspecified atom stereocenters. The minimum atomic E-state index is 0.0296. The molecule has 7 nitrogen and oxygen atoms in total. The van der Waals surface area contributed by atoms with E-state index in [1.165, 1.54) is 23.7 Å². The zero-order valence-electron chi connectivity index (χ0n) is 17.5. The number of likely N-dealkylation sites (tertiary alicyclic amines) is 1. The van der Waals surface area contributed by atoms with E-state index in [2.05, 4.69) is 29.2 Å². The van der Waals surface area contributed by atoms with E-state index in [4.69, 9.17) is 9.15 Å². The van der Waals surface area contributed by atoms with Gasteiger partial charge in [0.1, 0.15) is 18.1 Å². The monoisotopic (exact) mass is 408 g/mol. The number of carbonyl (C=O) groups is 1. The molecule has 3 heterocycles. The first-order chi connectivity index (χ1) is 14.6. The largest absolute Gasteiger partial charge is 0.490 e. The fourth-order valence-corrected chi connectivity index (χ4v) is 3.84. The molecule has 0 spiro atoms. The third-order valence-electron chi connectivity index (χ3n) is 5.39. The lowest BCUT2D eigenvalue weighted by molar-refractivity contribution is 0.0595. The van der Waals surface area contributed by atoms with Crippen LogP contribution in [0, 0.1) is 0 Å². The lowest BCUT2D eigenvalue weighted by Gasteiger charge is -2.32. The van der Waals surface area contributed by atoms with Crippen LogP contribution in [0.25, 0.3) is 0 Å². The van der Waals surface area contributed by atoms with Crippen LogP contribution >= 0.6 is 0 Å². The third-order valence-corrected chi connectivity index (χ3v) is 5.39. The summed E-state index contributed by atoms with van der Waals surface area (Å²) in [6.07, 6.45) is 8.78. The maximum absolute atomic E-state index is 12.4. The van der Waals surface area contributed by atoms with Crippen molar-refractivity contribution in [2.45, 2.75) is 32.0 Å². The highest BCUT2D eigenvalue weighted by Crippen LogP contribution is 2.21. The van der Waals surface area contributed by atoms with Crippen LogP contribution in [0.4, 0.5) is 0 Å². The topological polar surface area (TPSA) is 63.7 Å². The Labute approximate surface area is 176 Å². The number of furan rings is 1. The number of hydrogen-bond donors (Lipinski definition) is 0. The molecule has 0 aliphatic carbocycles. The van der Waals surface area contributed by atoms with E-state index in [0.717, 1.165) is 31.7 Å². The van der Waals surface area contributed by atoms with E-state index in [1.54, 1.807) is 6.07 Å². The summed E-state index contributed by atoms with van der Waals surface area (Å²) in [5.74, 6) is 0.912. The maximum atomic E-state index is 12.4. The molecule has 1 fully saturated rings. The van der Waals surface area contributed by atoms with E-state index in [1.807, 2.05) is 41.2 Å². The molecule has 3 aromatic rings. The average molecular weight is 409 g/mol. The number of benzene rings is 1. The standard InChI is InChI=1S/C23H28N4O3/c1-25(15-19-13-24-26(2)16-19)14-18-3-5-21(6-4-18)30-22-7-10-27(11-8-22)23(28)20-9-12-29-17-20/h3-6,9,12-13,16-17,22H,7-8,10-11,14-15H2,1-2H3. The number of carbonyl (C=O) groups excluding carboxylic acids is 1. The van der Waals surface area contributed by atoms with Crippen molar-refractivity contribution < 1.29 is 13.9 Å². The van der Waals surface area contributed by atoms with E-state index in [-0.39, 0.29) is 12.0 Å². The second kappa shape index (κ2) is 9.17. The van der Waals surface area contributed by atoms with Crippen LogP contribution in [0.15, 0.2) is 59.7 Å². The van der Waals surface area contributed by atoms with Crippen LogP contribution in [-0.2, 0) is 20.1 Å². The van der Waals surface area contributed by atoms with Crippen molar-refractivity contribution in [2.24, 2.45) is 7.05 Å². The highest BCUT2D eigenvalue weighted by molar-refractivity contribution is 5.93. The quantitative estimate of drug-likeness (QED) is 0.600. The smallest absolute Gasteiger partial charge is 0.257 e. The van der Waals surface area contributed by atoms with Crippen molar-refractivity contribution in [3.8, 4) is 5.75 Å². The number of ether oxygens (including phenoxy) is 1. The van der Waals surface area contributed by atoms with Gasteiger partial charge in [-0.2, -0.15) is 5.10 Å². The van der Waals surface area contributed by atoms with Gasteiger partial charge >= 0.3 is 0 Å². The summed E-state index contributed by atoms with van der Waals surface area (Å²) in [6, 6.07) is 10.0. The zero-order valence-corrected chi connectivity index (χ0v) is 17.5. The highest BCUT2D eigenvalue weighted by Gasteiger charge is 2.25. The average Bonchev–Trinajstić information content (AvgIpc) is 3.41. The van der Waals surface area contributed by atoms with Gasteiger partial charge in [-0.1, -0.05) is 12.1 Å². The Balaban J connectivity index is 1.23. The van der Waals surface area contributed by atoms with Crippen LogP contribution in [0.2, 0.25) is 0 Å². The Morgan fingerprint density at radius 1 is 1.17 bits per heavy atom. The number of nitrogens with zero attached hydrogens (tertiary/aromatic N) is 4. The summed E-state index contributed by atoms with van der Waals surface area (Å²) in [6.45, 7) is 3.13. The van der Waals surface area contributed by atoms with Gasteiger partial charge < -0.3 is 14.1 Å². The van der Waals surface area contributed by atoms with Crippen molar-refractivity contribution in [3.05, 3.63) is 71.9 Å². The van der Waals surface area contributed by atoms with Crippen molar-refractivity contribution in [3.63, 3.8) is 0 Å². The van der Waals surface area contributed by atoms with Gasteiger partial charge in [0.15, 0.2) is 0 Å². The molecule has 158 valence electrons. The van der Waals surface area contributed by atoms with Crippen molar-refractivity contribution in [2.75, 3.05) is 20.1 Å². The van der Waals surface area contributed by atoms with Gasteiger partial charge in [-0.15, -0.1) is 0 Å². The molecular formula is C23H28N4O3. The Bertz CT molecular complexity index is 941. The summed E-state index contributed by atoms with van der Waals surface area (Å²) in [5, 5.41) is 4.22. The first kappa shape index (κ1) is 20.2. The van der Waals surface area contributed by atoms with Crippen LogP contribution in [-0.4, -0.2) is 51.7 Å². The summed E-state index contributed by atoms with van der Waals surface area (Å²) >= 11 is 0. The molecule has 1 aliphatic rings. The number of aromatic nitrogens is 2. The van der Waals surface area contributed by atoms with Crippen molar-refractivity contribution >= 4 is 5.91 Å². The van der Waals surface area contributed by atoms with Crippen LogP contribution < -0.4 is 4.74 Å². The summed E-state index contributed by atoms with van der Waals surface area (Å²) in [4.78, 5) is 16.5. The predicted molar refractivity (Wildman–Crippen MR) is 113 cm³/mol. The van der Waals surface area contributed by atoms with Crippen LogP contribution in [0.5, 0.6) is 5.75 Å². The molecular weight excluding hydrogens is 380 g/mol.